The van der Waals surface area contributed by atoms with E-state index >= 15 is 0 Å². The van der Waals surface area contributed by atoms with Crippen LogP contribution in [0.4, 0.5) is 5.82 Å². The minimum absolute atomic E-state index is 0.0337. The molecule has 0 bridgehead atoms. The summed E-state index contributed by atoms with van der Waals surface area (Å²) in [6.07, 6.45) is 3.68. The molecular weight excluding hydrogens is 244 g/mol. The number of nitrogens with two attached hydrogens (primary N) is 1. The van der Waals surface area contributed by atoms with Crippen LogP contribution in [0.25, 0.3) is 0 Å². The van der Waals surface area contributed by atoms with Crippen LogP contribution < -0.4 is 11.1 Å². The average molecular weight is 264 g/mol. The zero-order valence-electron chi connectivity index (χ0n) is 11.7. The average Bonchev–Trinajstić information content (AvgIpc) is 2.38. The molecule has 1 aromatic rings. The van der Waals surface area contributed by atoms with Gasteiger partial charge in [-0.3, -0.25) is 4.79 Å². The first-order valence-corrected chi connectivity index (χ1v) is 6.24. The number of nitrogen functional groups attached to an aromatic ring is 1. The van der Waals surface area contributed by atoms with E-state index in [9.17, 15) is 4.79 Å². The SMILES string of the molecule is CO[C@]1(C)C[C@@H](NC(=O)c2nccnc2N)C1(C)C. The van der Waals surface area contributed by atoms with Gasteiger partial charge in [0.05, 0.1) is 5.60 Å². The summed E-state index contributed by atoms with van der Waals surface area (Å²) in [4.78, 5) is 19.9. The number of carbonyl (C=O) groups excluding carboxylic acids is 1. The Kier molecular flexibility index (Phi) is 3.22. The van der Waals surface area contributed by atoms with Gasteiger partial charge in [-0.2, -0.15) is 0 Å². The largest absolute Gasteiger partial charge is 0.382 e. The minimum atomic E-state index is -0.290. The fourth-order valence-electron chi connectivity index (χ4n) is 2.47. The Hall–Kier alpha value is -1.69. The van der Waals surface area contributed by atoms with Crippen LogP contribution >= 0.6 is 0 Å². The summed E-state index contributed by atoms with van der Waals surface area (Å²) in [7, 11) is 1.69. The molecule has 2 atom stereocenters. The molecule has 1 aliphatic rings. The number of hydrogen-bond donors (Lipinski definition) is 2. The lowest BCUT2D eigenvalue weighted by atomic mass is 9.56. The quantitative estimate of drug-likeness (QED) is 0.849. The molecule has 1 saturated carbocycles. The van der Waals surface area contributed by atoms with Crippen LogP contribution in [-0.2, 0) is 4.74 Å². The number of carbonyl (C=O) groups is 1. The predicted molar refractivity (Wildman–Crippen MR) is 71.5 cm³/mol. The molecule has 104 valence electrons. The highest BCUT2D eigenvalue weighted by Crippen LogP contribution is 2.51. The number of rotatable bonds is 3. The number of methoxy groups -OCH3 is 1. The minimum Gasteiger partial charge on any atom is -0.382 e. The summed E-state index contributed by atoms with van der Waals surface area (Å²) in [5, 5.41) is 2.95. The monoisotopic (exact) mass is 264 g/mol. The van der Waals surface area contributed by atoms with Crippen molar-refractivity contribution in [3.8, 4) is 0 Å². The van der Waals surface area contributed by atoms with Gasteiger partial charge in [-0.1, -0.05) is 13.8 Å². The van der Waals surface area contributed by atoms with Gasteiger partial charge in [-0.15, -0.1) is 0 Å². The Morgan fingerprint density at radius 2 is 2.05 bits per heavy atom. The first kappa shape index (κ1) is 13.7. The van der Waals surface area contributed by atoms with E-state index in [0.29, 0.717) is 0 Å². The van der Waals surface area contributed by atoms with Gasteiger partial charge in [0.1, 0.15) is 0 Å². The van der Waals surface area contributed by atoms with Gasteiger partial charge in [0.15, 0.2) is 11.5 Å². The molecule has 3 N–H and O–H groups in total. The Morgan fingerprint density at radius 1 is 1.42 bits per heavy atom. The Bertz CT molecular complexity index is 503. The second-order valence-electron chi connectivity index (χ2n) is 5.68. The topological polar surface area (TPSA) is 90.1 Å². The highest BCUT2D eigenvalue weighted by molar-refractivity contribution is 5.96. The van der Waals surface area contributed by atoms with Crippen LogP contribution in [0.2, 0.25) is 0 Å². The Balaban J connectivity index is 2.09. The Morgan fingerprint density at radius 3 is 2.58 bits per heavy atom. The molecule has 1 aliphatic carbocycles. The second-order valence-corrected chi connectivity index (χ2v) is 5.68. The summed E-state index contributed by atoms with van der Waals surface area (Å²) >= 11 is 0. The standard InChI is InChI=1S/C13H20N4O2/c1-12(2)8(7-13(12,3)19-4)17-11(18)9-10(14)16-6-5-15-9/h5-6,8H,7H2,1-4H3,(H2,14,16)(H,17,18)/t8-,13-/m1/s1. The molecule has 0 saturated heterocycles. The molecule has 0 spiro atoms. The summed E-state index contributed by atoms with van der Waals surface area (Å²) < 4.78 is 5.53. The van der Waals surface area contributed by atoms with Crippen LogP contribution in [0, 0.1) is 5.41 Å². The van der Waals surface area contributed by atoms with Gasteiger partial charge in [-0.25, -0.2) is 9.97 Å². The summed E-state index contributed by atoms with van der Waals surface area (Å²) in [6, 6.07) is 0.0337. The molecule has 0 radical (unpaired) electrons. The van der Waals surface area contributed by atoms with Gasteiger partial charge >= 0.3 is 0 Å². The zero-order chi connectivity index (χ0) is 14.3. The number of ether oxygens (including phenoxy) is 1. The first-order valence-electron chi connectivity index (χ1n) is 6.24. The van der Waals surface area contributed by atoms with Crippen molar-refractivity contribution < 1.29 is 9.53 Å². The van der Waals surface area contributed by atoms with Gasteiger partial charge in [-0.05, 0) is 13.3 Å². The maximum atomic E-state index is 12.1. The van der Waals surface area contributed by atoms with E-state index in [-0.39, 0.29) is 34.5 Å². The molecule has 2 rings (SSSR count). The van der Waals surface area contributed by atoms with E-state index in [2.05, 4.69) is 29.1 Å². The maximum absolute atomic E-state index is 12.1. The van der Waals surface area contributed by atoms with E-state index in [1.54, 1.807) is 7.11 Å². The lowest BCUT2D eigenvalue weighted by Crippen LogP contribution is -2.68. The van der Waals surface area contributed by atoms with E-state index in [1.807, 2.05) is 6.92 Å². The molecule has 1 aromatic heterocycles. The third-order valence-electron chi connectivity index (χ3n) is 4.53. The van der Waals surface area contributed by atoms with E-state index < -0.39 is 0 Å². The molecule has 1 fully saturated rings. The summed E-state index contributed by atoms with van der Waals surface area (Å²) in [6.45, 7) is 6.20. The summed E-state index contributed by atoms with van der Waals surface area (Å²) in [5.74, 6) is -0.145. The first-order chi connectivity index (χ1) is 8.82. The Labute approximate surface area is 112 Å². The fraction of sp³-hybridized carbons (Fsp3) is 0.615. The van der Waals surface area contributed by atoms with Crippen LogP contribution in [0.15, 0.2) is 12.4 Å². The third-order valence-corrected chi connectivity index (χ3v) is 4.53. The predicted octanol–water partition coefficient (Wildman–Crippen LogP) is 0.992. The van der Waals surface area contributed by atoms with Crippen LogP contribution in [0.3, 0.4) is 0 Å². The summed E-state index contributed by atoms with van der Waals surface area (Å²) in [5.41, 5.74) is 5.45. The number of anilines is 1. The van der Waals surface area contributed by atoms with Crippen LogP contribution in [-0.4, -0.2) is 34.6 Å². The van der Waals surface area contributed by atoms with Crippen LogP contribution in [0.1, 0.15) is 37.7 Å². The van der Waals surface area contributed by atoms with Crippen molar-refractivity contribution >= 4 is 11.7 Å². The van der Waals surface area contributed by atoms with E-state index in [0.717, 1.165) is 6.42 Å². The van der Waals surface area contributed by atoms with Crippen molar-refractivity contribution in [3.63, 3.8) is 0 Å². The van der Waals surface area contributed by atoms with Crippen molar-refractivity contribution in [1.29, 1.82) is 0 Å². The van der Waals surface area contributed by atoms with Gasteiger partial charge in [0.2, 0.25) is 0 Å². The van der Waals surface area contributed by atoms with Crippen molar-refractivity contribution in [2.45, 2.75) is 38.8 Å². The van der Waals surface area contributed by atoms with Gasteiger partial charge in [0.25, 0.3) is 5.91 Å². The van der Waals surface area contributed by atoms with Gasteiger partial charge < -0.3 is 15.8 Å². The lowest BCUT2D eigenvalue weighted by Gasteiger charge is -2.59. The van der Waals surface area contributed by atoms with Crippen LogP contribution in [0.5, 0.6) is 0 Å². The van der Waals surface area contributed by atoms with Crippen molar-refractivity contribution in [1.82, 2.24) is 15.3 Å². The van der Waals surface area contributed by atoms with Crippen molar-refractivity contribution in [3.05, 3.63) is 18.1 Å². The maximum Gasteiger partial charge on any atom is 0.273 e. The highest BCUT2D eigenvalue weighted by atomic mass is 16.5. The molecule has 19 heavy (non-hydrogen) atoms. The number of amides is 1. The van der Waals surface area contributed by atoms with Crippen molar-refractivity contribution in [2.75, 3.05) is 12.8 Å². The number of nitrogens with zero attached hydrogens (tertiary/aromatic N) is 2. The molecule has 0 aromatic carbocycles. The second kappa shape index (κ2) is 4.45. The van der Waals surface area contributed by atoms with E-state index in [1.165, 1.54) is 12.4 Å². The number of hydrogen-bond acceptors (Lipinski definition) is 5. The number of aromatic nitrogens is 2. The van der Waals surface area contributed by atoms with Crippen molar-refractivity contribution in [2.24, 2.45) is 5.41 Å². The fourth-order valence-corrected chi connectivity index (χ4v) is 2.47. The molecule has 6 nitrogen and oxygen atoms in total. The number of nitrogens with one attached hydrogen (secondary N) is 1. The smallest absolute Gasteiger partial charge is 0.273 e. The highest BCUT2D eigenvalue weighted by Gasteiger charge is 2.58. The molecule has 6 heteroatoms. The molecular formula is C13H20N4O2. The molecule has 1 heterocycles. The normalized spacial score (nSPS) is 28.5. The molecule has 1 amide bonds. The zero-order valence-corrected chi connectivity index (χ0v) is 11.7. The van der Waals surface area contributed by atoms with Gasteiger partial charge in [0, 0.05) is 31.0 Å². The molecule has 0 unspecified atom stereocenters. The third kappa shape index (κ3) is 2.06. The molecule has 0 aliphatic heterocycles. The van der Waals surface area contributed by atoms with E-state index in [4.69, 9.17) is 10.5 Å². The lowest BCUT2D eigenvalue weighted by molar-refractivity contribution is -0.177.